The molecule has 0 atom stereocenters. The van der Waals surface area contributed by atoms with Crippen LogP contribution in [0.4, 0.5) is 8.78 Å². The SMILES string of the molecule is O=C(CSc1ccc2ccccc2c1)OCc1nc2ccccc2n1C(F)F. The lowest BCUT2D eigenvalue weighted by molar-refractivity contribution is -0.142. The van der Waals surface area contributed by atoms with Gasteiger partial charge in [-0.05, 0) is 35.0 Å². The maximum Gasteiger partial charge on any atom is 0.320 e. The van der Waals surface area contributed by atoms with Crippen molar-refractivity contribution in [2.24, 2.45) is 0 Å². The van der Waals surface area contributed by atoms with Crippen LogP contribution in [0.5, 0.6) is 0 Å². The Morgan fingerprint density at radius 1 is 1.04 bits per heavy atom. The molecule has 0 unspecified atom stereocenters. The summed E-state index contributed by atoms with van der Waals surface area (Å²) in [5.74, 6) is -0.362. The van der Waals surface area contributed by atoms with Gasteiger partial charge >= 0.3 is 12.5 Å². The molecule has 0 fully saturated rings. The second-order valence-corrected chi connectivity index (χ2v) is 7.17. The van der Waals surface area contributed by atoms with E-state index in [0.717, 1.165) is 20.2 Å². The zero-order chi connectivity index (χ0) is 19.5. The van der Waals surface area contributed by atoms with Crippen molar-refractivity contribution >= 4 is 39.5 Å². The van der Waals surface area contributed by atoms with Crippen molar-refractivity contribution in [1.29, 1.82) is 0 Å². The first-order chi connectivity index (χ1) is 13.6. The molecule has 0 bridgehead atoms. The summed E-state index contributed by atoms with van der Waals surface area (Å²) in [6.45, 7) is -3.05. The highest BCUT2D eigenvalue weighted by Gasteiger charge is 2.18. The summed E-state index contributed by atoms with van der Waals surface area (Å²) in [6, 6.07) is 20.5. The molecule has 0 spiro atoms. The number of hydrogen-bond acceptors (Lipinski definition) is 4. The first-order valence-corrected chi connectivity index (χ1v) is 9.61. The van der Waals surface area contributed by atoms with Gasteiger partial charge in [-0.2, -0.15) is 8.78 Å². The number of carbonyl (C=O) groups is 1. The minimum Gasteiger partial charge on any atom is -0.457 e. The van der Waals surface area contributed by atoms with Crippen molar-refractivity contribution in [3.05, 3.63) is 72.6 Å². The fraction of sp³-hybridized carbons (Fsp3) is 0.143. The van der Waals surface area contributed by atoms with Crippen molar-refractivity contribution in [2.45, 2.75) is 18.1 Å². The molecule has 0 saturated carbocycles. The molecule has 7 heteroatoms. The van der Waals surface area contributed by atoms with Crippen LogP contribution in [0, 0.1) is 0 Å². The van der Waals surface area contributed by atoms with E-state index < -0.39 is 12.5 Å². The van der Waals surface area contributed by atoms with E-state index in [1.54, 1.807) is 24.3 Å². The normalized spacial score (nSPS) is 11.4. The summed E-state index contributed by atoms with van der Waals surface area (Å²) in [4.78, 5) is 17.2. The molecule has 0 saturated heterocycles. The summed E-state index contributed by atoms with van der Waals surface area (Å²) in [5, 5.41) is 2.21. The molecule has 0 aliphatic rings. The molecule has 4 nitrogen and oxygen atoms in total. The largest absolute Gasteiger partial charge is 0.457 e. The number of benzene rings is 3. The number of hydrogen-bond donors (Lipinski definition) is 0. The van der Waals surface area contributed by atoms with Crippen molar-refractivity contribution in [2.75, 3.05) is 5.75 Å². The Morgan fingerprint density at radius 2 is 1.79 bits per heavy atom. The number of fused-ring (bicyclic) bond motifs is 2. The molecule has 3 aromatic carbocycles. The monoisotopic (exact) mass is 398 g/mol. The van der Waals surface area contributed by atoms with Crippen LogP contribution in [0.2, 0.25) is 0 Å². The number of esters is 1. The zero-order valence-electron chi connectivity index (χ0n) is 14.7. The van der Waals surface area contributed by atoms with Gasteiger partial charge in [-0.25, -0.2) is 4.98 Å². The number of ether oxygens (including phenoxy) is 1. The molecule has 0 radical (unpaired) electrons. The smallest absolute Gasteiger partial charge is 0.320 e. The summed E-state index contributed by atoms with van der Waals surface area (Å²) in [5.41, 5.74) is 0.758. The lowest BCUT2D eigenvalue weighted by atomic mass is 10.1. The number of carbonyl (C=O) groups excluding carboxylic acids is 1. The second-order valence-electron chi connectivity index (χ2n) is 6.12. The van der Waals surface area contributed by atoms with Gasteiger partial charge in [-0.1, -0.05) is 42.5 Å². The van der Waals surface area contributed by atoms with Crippen LogP contribution in [0.1, 0.15) is 12.4 Å². The average Bonchev–Trinajstić information content (AvgIpc) is 3.09. The number of thioether (sulfide) groups is 1. The number of nitrogens with zero attached hydrogens (tertiary/aromatic N) is 2. The molecule has 0 amide bonds. The van der Waals surface area contributed by atoms with Crippen molar-refractivity contribution < 1.29 is 18.3 Å². The van der Waals surface area contributed by atoms with Crippen LogP contribution >= 0.6 is 11.8 Å². The van der Waals surface area contributed by atoms with Gasteiger partial charge in [0.1, 0.15) is 6.61 Å². The average molecular weight is 398 g/mol. The number of para-hydroxylation sites is 2. The third-order valence-corrected chi connectivity index (χ3v) is 5.27. The van der Waals surface area contributed by atoms with Gasteiger partial charge in [0.05, 0.1) is 16.8 Å². The van der Waals surface area contributed by atoms with E-state index in [4.69, 9.17) is 4.74 Å². The summed E-state index contributed by atoms with van der Waals surface area (Å²) >= 11 is 1.34. The van der Waals surface area contributed by atoms with Crippen LogP contribution in [0.3, 0.4) is 0 Å². The topological polar surface area (TPSA) is 44.1 Å². The molecule has 142 valence electrons. The van der Waals surface area contributed by atoms with Gasteiger partial charge in [0.2, 0.25) is 0 Å². The number of imidazole rings is 1. The molecule has 0 aliphatic carbocycles. The first-order valence-electron chi connectivity index (χ1n) is 8.63. The van der Waals surface area contributed by atoms with E-state index in [0.29, 0.717) is 11.0 Å². The van der Waals surface area contributed by atoms with E-state index in [1.807, 2.05) is 42.5 Å². The van der Waals surface area contributed by atoms with E-state index >= 15 is 0 Å². The van der Waals surface area contributed by atoms with E-state index in [-0.39, 0.29) is 18.2 Å². The van der Waals surface area contributed by atoms with Gasteiger partial charge in [-0.15, -0.1) is 11.8 Å². The Bertz CT molecular complexity index is 1140. The van der Waals surface area contributed by atoms with Crippen LogP contribution in [-0.2, 0) is 16.1 Å². The highest BCUT2D eigenvalue weighted by atomic mass is 32.2. The lowest BCUT2D eigenvalue weighted by Gasteiger charge is -2.08. The molecule has 1 aromatic heterocycles. The summed E-state index contributed by atoms with van der Waals surface area (Å²) < 4.78 is 32.8. The Balaban J connectivity index is 1.40. The fourth-order valence-electron chi connectivity index (χ4n) is 3.00. The molecule has 1 heterocycles. The van der Waals surface area contributed by atoms with Crippen LogP contribution in [0.25, 0.3) is 21.8 Å². The van der Waals surface area contributed by atoms with Crippen molar-refractivity contribution in [3.63, 3.8) is 0 Å². The van der Waals surface area contributed by atoms with Crippen LogP contribution in [0.15, 0.2) is 71.6 Å². The lowest BCUT2D eigenvalue weighted by Crippen LogP contribution is -2.11. The second kappa shape index (κ2) is 7.98. The van der Waals surface area contributed by atoms with E-state index in [9.17, 15) is 13.6 Å². The minimum atomic E-state index is -2.76. The number of halogens is 2. The van der Waals surface area contributed by atoms with E-state index in [2.05, 4.69) is 4.98 Å². The van der Waals surface area contributed by atoms with E-state index in [1.165, 1.54) is 11.8 Å². The Hall–Kier alpha value is -2.93. The predicted molar refractivity (Wildman–Crippen MR) is 105 cm³/mol. The molecule has 0 N–H and O–H groups in total. The first kappa shape index (κ1) is 18.4. The Morgan fingerprint density at radius 3 is 2.61 bits per heavy atom. The Labute approximate surface area is 164 Å². The minimum absolute atomic E-state index is 0.0280. The quantitative estimate of drug-likeness (QED) is 0.321. The number of alkyl halides is 2. The molecule has 4 aromatic rings. The maximum absolute atomic E-state index is 13.4. The standard InChI is InChI=1S/C21H16F2N2O2S/c22-21(23)25-18-8-4-3-7-17(18)24-19(25)12-27-20(26)13-28-16-10-9-14-5-1-2-6-15(14)11-16/h1-11,21H,12-13H2. The molecule has 4 rings (SSSR count). The fourth-order valence-corrected chi connectivity index (χ4v) is 3.74. The van der Waals surface area contributed by atoms with Gasteiger partial charge in [-0.3, -0.25) is 9.36 Å². The van der Waals surface area contributed by atoms with Gasteiger partial charge in [0.25, 0.3) is 0 Å². The third-order valence-electron chi connectivity index (χ3n) is 4.30. The molecule has 28 heavy (non-hydrogen) atoms. The van der Waals surface area contributed by atoms with Gasteiger partial charge in [0.15, 0.2) is 5.82 Å². The molecular weight excluding hydrogens is 382 g/mol. The maximum atomic E-state index is 13.4. The van der Waals surface area contributed by atoms with Gasteiger partial charge < -0.3 is 4.74 Å². The summed E-state index contributed by atoms with van der Waals surface area (Å²) in [6.07, 6.45) is 0. The zero-order valence-corrected chi connectivity index (χ0v) is 15.5. The van der Waals surface area contributed by atoms with Crippen molar-refractivity contribution in [1.82, 2.24) is 9.55 Å². The van der Waals surface area contributed by atoms with Crippen LogP contribution in [-0.4, -0.2) is 21.3 Å². The predicted octanol–water partition coefficient (Wildman–Crippen LogP) is 5.42. The van der Waals surface area contributed by atoms with Crippen LogP contribution < -0.4 is 0 Å². The van der Waals surface area contributed by atoms with Crippen molar-refractivity contribution in [3.8, 4) is 0 Å². The number of rotatable bonds is 6. The molecular formula is C21H16F2N2O2S. The third kappa shape index (κ3) is 3.84. The number of aromatic nitrogens is 2. The highest BCUT2D eigenvalue weighted by Crippen LogP contribution is 2.25. The molecule has 0 aliphatic heterocycles. The van der Waals surface area contributed by atoms with Gasteiger partial charge in [0, 0.05) is 4.90 Å². The highest BCUT2D eigenvalue weighted by molar-refractivity contribution is 8.00. The summed E-state index contributed by atoms with van der Waals surface area (Å²) in [7, 11) is 0. The Kier molecular flexibility index (Phi) is 5.25.